The number of rotatable bonds is 15. The summed E-state index contributed by atoms with van der Waals surface area (Å²) in [5, 5.41) is 11.5. The molecule has 10 heteroatoms. The van der Waals surface area contributed by atoms with Crippen LogP contribution in [-0.4, -0.2) is 65.9 Å². The van der Waals surface area contributed by atoms with Crippen molar-refractivity contribution < 1.29 is 23.0 Å². The van der Waals surface area contributed by atoms with Crippen molar-refractivity contribution in [1.82, 2.24) is 21.3 Å². The molecule has 1 amide bonds. The second kappa shape index (κ2) is 13.7. The Morgan fingerprint density at radius 1 is 0.812 bits per heavy atom. The first-order valence-electron chi connectivity index (χ1n) is 11.0. The number of hydrogen-bond donors (Lipinski definition) is 4. The number of hydrogen-bond acceptors (Lipinski definition) is 6. The largest absolute Gasteiger partial charge is 0.474 e. The van der Waals surface area contributed by atoms with Crippen molar-refractivity contribution >= 4 is 28.7 Å². The van der Waals surface area contributed by atoms with Gasteiger partial charge in [0.25, 0.3) is 5.92 Å². The first-order chi connectivity index (χ1) is 14.4. The van der Waals surface area contributed by atoms with Gasteiger partial charge in [0.15, 0.2) is 5.88 Å². The summed E-state index contributed by atoms with van der Waals surface area (Å²) < 4.78 is 38.3. The van der Waals surface area contributed by atoms with E-state index in [1.807, 2.05) is 48.5 Å². The van der Waals surface area contributed by atoms with Gasteiger partial charge in [-0.1, -0.05) is 22.6 Å². The van der Waals surface area contributed by atoms with Crippen molar-refractivity contribution in [1.29, 1.82) is 0 Å². The van der Waals surface area contributed by atoms with Crippen molar-refractivity contribution in [3.63, 3.8) is 0 Å². The van der Waals surface area contributed by atoms with E-state index in [1.165, 1.54) is 0 Å². The Hall–Kier alpha value is -0.880. The van der Waals surface area contributed by atoms with E-state index in [9.17, 15) is 13.6 Å². The highest BCUT2D eigenvalue weighted by Gasteiger charge is 2.29. The van der Waals surface area contributed by atoms with Crippen molar-refractivity contribution in [2.24, 2.45) is 0 Å². The molecule has 0 rings (SSSR count). The van der Waals surface area contributed by atoms with Gasteiger partial charge in [0.05, 0.1) is 13.1 Å². The normalized spacial score (nSPS) is 14.4. The van der Waals surface area contributed by atoms with E-state index in [0.29, 0.717) is 19.6 Å². The lowest BCUT2D eigenvalue weighted by Crippen LogP contribution is -2.44. The molecule has 1 unspecified atom stereocenters. The lowest BCUT2D eigenvalue weighted by Gasteiger charge is -2.25. The number of halogens is 3. The third-order valence-corrected chi connectivity index (χ3v) is 4.57. The molecule has 1 atom stereocenters. The molecule has 0 fully saturated rings. The maximum atomic E-state index is 13.9. The van der Waals surface area contributed by atoms with Gasteiger partial charge >= 0.3 is 6.09 Å². The summed E-state index contributed by atoms with van der Waals surface area (Å²) in [7, 11) is 0. The third kappa shape index (κ3) is 19.8. The molecule has 0 aromatic carbocycles. The fourth-order valence-corrected chi connectivity index (χ4v) is 2.91. The van der Waals surface area contributed by atoms with Crippen LogP contribution in [0.5, 0.6) is 0 Å². The van der Waals surface area contributed by atoms with Crippen LogP contribution in [0, 0.1) is 0 Å². The number of carbonyl (C=O) groups excluding carboxylic acids is 1. The van der Waals surface area contributed by atoms with Gasteiger partial charge in [0, 0.05) is 16.5 Å². The Kier molecular flexibility index (Phi) is 13.4. The fraction of sp³-hybridized carbons (Fsp3) is 0.864. The predicted octanol–water partition coefficient (Wildman–Crippen LogP) is 4.18. The average Bonchev–Trinajstić information content (AvgIpc) is 2.58. The number of alkyl carbamates (subject to hydrolysis) is 1. The molecular formula is C22H43F2IN4O3. The summed E-state index contributed by atoms with van der Waals surface area (Å²) in [6, 6.07) is 0. The van der Waals surface area contributed by atoms with Gasteiger partial charge in [-0.05, 0) is 81.0 Å². The van der Waals surface area contributed by atoms with Gasteiger partial charge in [-0.3, -0.25) is 0 Å². The zero-order valence-corrected chi connectivity index (χ0v) is 22.9. The van der Waals surface area contributed by atoms with Gasteiger partial charge in [-0.25, -0.2) is 13.6 Å². The molecule has 0 aromatic rings. The van der Waals surface area contributed by atoms with E-state index < -0.39 is 36.3 Å². The van der Waals surface area contributed by atoms with Crippen LogP contribution < -0.4 is 21.3 Å². The molecule has 0 radical (unpaired) electrons. The van der Waals surface area contributed by atoms with Gasteiger partial charge in [-0.15, -0.1) is 0 Å². The Morgan fingerprint density at radius 2 is 1.31 bits per heavy atom. The van der Waals surface area contributed by atoms with Crippen LogP contribution in [0.4, 0.5) is 13.6 Å². The van der Waals surface area contributed by atoms with Crippen molar-refractivity contribution in [3.8, 4) is 0 Å². The zero-order valence-electron chi connectivity index (χ0n) is 20.7. The summed E-state index contributed by atoms with van der Waals surface area (Å²) >= 11 is 2.30. The van der Waals surface area contributed by atoms with Crippen LogP contribution in [0.1, 0.15) is 61.3 Å². The molecule has 190 valence electrons. The Morgan fingerprint density at radius 3 is 1.81 bits per heavy atom. The molecule has 4 N–H and O–H groups in total. The van der Waals surface area contributed by atoms with E-state index in [-0.39, 0.29) is 9.30 Å². The molecule has 0 saturated heterocycles. The molecule has 0 aliphatic carbocycles. The quantitative estimate of drug-likeness (QED) is 0.101. The second-order valence-electron chi connectivity index (χ2n) is 10.2. The number of unbranched alkanes of at least 4 members (excludes halogenated alkanes) is 1. The number of carbonyl (C=O) groups is 1. The molecule has 0 saturated carbocycles. The topological polar surface area (TPSA) is 83.7 Å². The van der Waals surface area contributed by atoms with E-state index in [4.69, 9.17) is 9.47 Å². The van der Waals surface area contributed by atoms with Crippen LogP contribution in [0.2, 0.25) is 0 Å². The summed E-state index contributed by atoms with van der Waals surface area (Å²) in [6.07, 6.45) is 1.22. The molecular weight excluding hydrogens is 533 g/mol. The molecule has 0 aromatic heterocycles. The summed E-state index contributed by atoms with van der Waals surface area (Å²) in [6.45, 7) is 18.2. The fourth-order valence-electron chi connectivity index (χ4n) is 2.45. The molecule has 0 aliphatic rings. The third-order valence-electron chi connectivity index (χ3n) is 3.81. The molecule has 0 aliphatic heterocycles. The van der Waals surface area contributed by atoms with Gasteiger partial charge in [0.1, 0.15) is 11.2 Å². The number of alkyl halides is 3. The van der Waals surface area contributed by atoms with Gasteiger partial charge in [0.2, 0.25) is 0 Å². The Balaban J connectivity index is 3.85. The average molecular weight is 577 g/mol. The number of ether oxygens (including phenoxy) is 2. The van der Waals surface area contributed by atoms with Crippen LogP contribution in [-0.2, 0) is 9.47 Å². The highest BCUT2D eigenvalue weighted by Crippen LogP contribution is 2.16. The van der Waals surface area contributed by atoms with E-state index >= 15 is 0 Å². The molecule has 0 bridgehead atoms. The first kappa shape index (κ1) is 31.1. The van der Waals surface area contributed by atoms with Crippen molar-refractivity contribution in [2.75, 3.05) is 39.3 Å². The van der Waals surface area contributed by atoms with Crippen LogP contribution in [0.25, 0.3) is 0 Å². The van der Waals surface area contributed by atoms with Crippen LogP contribution in [0.15, 0.2) is 12.5 Å². The maximum absolute atomic E-state index is 13.9. The van der Waals surface area contributed by atoms with E-state index in [0.717, 1.165) is 19.4 Å². The summed E-state index contributed by atoms with van der Waals surface area (Å²) in [5.41, 5.74) is -0.997. The standard InChI is InChI=1S/C22H43F2IN4O3/c1-17(31-19(2,3)4)28-16-22(23,24)15-27-12-10-9-11-26-13-21(8,25)14-29-18(30)32-20(5,6)7/h26-28H,1,9-16H2,2-8H3,(H,29,30). The minimum atomic E-state index is -2.90. The second-order valence-corrected chi connectivity index (χ2v) is 12.8. The number of amides is 1. The summed E-state index contributed by atoms with van der Waals surface area (Å²) in [5.74, 6) is -2.75. The van der Waals surface area contributed by atoms with Crippen molar-refractivity contribution in [2.45, 2.75) is 81.9 Å². The van der Waals surface area contributed by atoms with Crippen LogP contribution >= 0.6 is 22.6 Å². The zero-order chi connectivity index (χ0) is 25.1. The highest BCUT2D eigenvalue weighted by molar-refractivity contribution is 14.1. The van der Waals surface area contributed by atoms with E-state index in [2.05, 4.69) is 50.4 Å². The number of nitrogens with one attached hydrogen (secondary N) is 4. The lowest BCUT2D eigenvalue weighted by molar-refractivity contribution is -0.00995. The monoisotopic (exact) mass is 576 g/mol. The van der Waals surface area contributed by atoms with Crippen LogP contribution in [0.3, 0.4) is 0 Å². The Labute approximate surface area is 206 Å². The smallest absolute Gasteiger partial charge is 0.407 e. The van der Waals surface area contributed by atoms with Gasteiger partial charge in [-0.2, -0.15) is 0 Å². The maximum Gasteiger partial charge on any atom is 0.407 e. The SMILES string of the molecule is C=C(NCC(F)(F)CNCCCCNCC(C)(I)CNC(=O)OC(C)(C)C)OC(C)(C)C. The summed E-state index contributed by atoms with van der Waals surface area (Å²) in [4.78, 5) is 11.7. The van der Waals surface area contributed by atoms with Crippen molar-refractivity contribution in [3.05, 3.63) is 12.5 Å². The minimum Gasteiger partial charge on any atom is -0.474 e. The molecule has 0 heterocycles. The minimum absolute atomic E-state index is 0.145. The molecule has 32 heavy (non-hydrogen) atoms. The predicted molar refractivity (Wildman–Crippen MR) is 135 cm³/mol. The Bertz CT molecular complexity index is 527. The highest BCUT2D eigenvalue weighted by atomic mass is 127. The van der Waals surface area contributed by atoms with Gasteiger partial charge < -0.3 is 30.7 Å². The lowest BCUT2D eigenvalue weighted by atomic mass is 10.1. The van der Waals surface area contributed by atoms with E-state index in [1.54, 1.807) is 0 Å². The first-order valence-corrected chi connectivity index (χ1v) is 12.1. The molecule has 0 spiro atoms. The molecule has 7 nitrogen and oxygen atoms in total.